The van der Waals surface area contributed by atoms with E-state index < -0.39 is 12.0 Å². The van der Waals surface area contributed by atoms with Crippen molar-refractivity contribution < 1.29 is 14.3 Å². The van der Waals surface area contributed by atoms with Crippen LogP contribution in [-0.2, 0) is 9.53 Å². The highest BCUT2D eigenvalue weighted by atomic mass is 79.9. The van der Waals surface area contributed by atoms with Crippen LogP contribution in [0.1, 0.15) is 29.3 Å². The fourth-order valence-electron chi connectivity index (χ4n) is 2.17. The molecule has 0 aliphatic carbocycles. The number of carbonyl (C=O) groups excluding carboxylic acids is 2. The first-order chi connectivity index (χ1) is 11.5. The van der Waals surface area contributed by atoms with Gasteiger partial charge < -0.3 is 10.1 Å². The minimum Gasteiger partial charge on any atom is -0.464 e. The minimum absolute atomic E-state index is 0.00908. The second-order valence-electron chi connectivity index (χ2n) is 5.29. The number of hydrogen-bond acceptors (Lipinski definition) is 5. The number of nitrogens with zero attached hydrogens (tertiary/aromatic N) is 1. The van der Waals surface area contributed by atoms with Gasteiger partial charge in [0.15, 0.2) is 5.78 Å². The molecule has 1 unspecified atom stereocenters. The van der Waals surface area contributed by atoms with Gasteiger partial charge in [0.2, 0.25) is 0 Å². The Bertz CT molecular complexity index is 719. The SMILES string of the molecule is CCOC(=O)C(CC(=O)c1ccccc1)Nc1ncc(C)cc1Br. The highest BCUT2D eigenvalue weighted by Gasteiger charge is 2.25. The quantitative estimate of drug-likeness (QED) is 0.575. The van der Waals surface area contributed by atoms with E-state index in [-0.39, 0.29) is 18.8 Å². The topological polar surface area (TPSA) is 68.3 Å². The van der Waals surface area contributed by atoms with Crippen molar-refractivity contribution in [2.45, 2.75) is 26.3 Å². The molecular formula is C18H19BrN2O3. The van der Waals surface area contributed by atoms with Crippen LogP contribution in [-0.4, -0.2) is 29.4 Å². The molecule has 0 radical (unpaired) electrons. The van der Waals surface area contributed by atoms with E-state index in [0.717, 1.165) is 10.0 Å². The number of benzene rings is 1. The summed E-state index contributed by atoms with van der Waals surface area (Å²) in [6.45, 7) is 3.90. The van der Waals surface area contributed by atoms with E-state index in [1.807, 2.05) is 19.1 Å². The number of carbonyl (C=O) groups is 2. The van der Waals surface area contributed by atoms with Crippen LogP contribution in [0.3, 0.4) is 0 Å². The van der Waals surface area contributed by atoms with Crippen molar-refractivity contribution in [2.24, 2.45) is 0 Å². The van der Waals surface area contributed by atoms with Crippen molar-refractivity contribution >= 4 is 33.5 Å². The van der Waals surface area contributed by atoms with E-state index in [1.165, 1.54) is 0 Å². The zero-order valence-electron chi connectivity index (χ0n) is 13.6. The van der Waals surface area contributed by atoms with Gasteiger partial charge in [0, 0.05) is 18.2 Å². The first-order valence-corrected chi connectivity index (χ1v) is 8.44. The molecular weight excluding hydrogens is 372 g/mol. The van der Waals surface area contributed by atoms with Gasteiger partial charge in [0.05, 0.1) is 11.1 Å². The largest absolute Gasteiger partial charge is 0.464 e. The van der Waals surface area contributed by atoms with Gasteiger partial charge in [-0.05, 0) is 41.4 Å². The van der Waals surface area contributed by atoms with Gasteiger partial charge in [-0.2, -0.15) is 0 Å². The Kier molecular flexibility index (Phi) is 6.49. The molecule has 0 fully saturated rings. The van der Waals surface area contributed by atoms with Gasteiger partial charge in [0.1, 0.15) is 11.9 Å². The summed E-state index contributed by atoms with van der Waals surface area (Å²) < 4.78 is 5.81. The van der Waals surface area contributed by atoms with Crippen LogP contribution in [0.4, 0.5) is 5.82 Å². The average molecular weight is 391 g/mol. The van der Waals surface area contributed by atoms with Crippen LogP contribution >= 0.6 is 15.9 Å². The molecule has 1 aromatic heterocycles. The van der Waals surface area contributed by atoms with Crippen molar-refractivity contribution in [3.05, 3.63) is 58.2 Å². The monoisotopic (exact) mass is 390 g/mol. The Balaban J connectivity index is 2.18. The van der Waals surface area contributed by atoms with Crippen LogP contribution < -0.4 is 5.32 Å². The van der Waals surface area contributed by atoms with E-state index in [1.54, 1.807) is 37.4 Å². The van der Waals surface area contributed by atoms with Crippen LogP contribution in [0.15, 0.2) is 47.1 Å². The van der Waals surface area contributed by atoms with Crippen LogP contribution in [0.2, 0.25) is 0 Å². The Morgan fingerprint density at radius 2 is 2.00 bits per heavy atom. The van der Waals surface area contributed by atoms with E-state index in [4.69, 9.17) is 4.74 Å². The summed E-state index contributed by atoms with van der Waals surface area (Å²) >= 11 is 3.41. The predicted molar refractivity (Wildman–Crippen MR) is 96.1 cm³/mol. The van der Waals surface area contributed by atoms with Gasteiger partial charge in [-0.25, -0.2) is 9.78 Å². The highest BCUT2D eigenvalue weighted by Crippen LogP contribution is 2.22. The standard InChI is InChI=1S/C18H19BrN2O3/c1-3-24-18(23)15(10-16(22)13-7-5-4-6-8-13)21-17-14(19)9-12(2)11-20-17/h4-9,11,15H,3,10H2,1-2H3,(H,20,21). The summed E-state index contributed by atoms with van der Waals surface area (Å²) in [5.74, 6) is -0.111. The lowest BCUT2D eigenvalue weighted by Gasteiger charge is -2.18. The Labute approximate surface area is 149 Å². The number of aryl methyl sites for hydroxylation is 1. The zero-order chi connectivity index (χ0) is 17.5. The summed E-state index contributed by atoms with van der Waals surface area (Å²) in [5.41, 5.74) is 1.55. The lowest BCUT2D eigenvalue weighted by atomic mass is 10.0. The number of esters is 1. The molecule has 1 atom stereocenters. The number of ketones is 1. The first-order valence-electron chi connectivity index (χ1n) is 7.64. The van der Waals surface area contributed by atoms with Crippen LogP contribution in [0, 0.1) is 6.92 Å². The molecule has 0 bridgehead atoms. The second kappa shape index (κ2) is 8.59. The molecule has 0 saturated carbocycles. The molecule has 5 nitrogen and oxygen atoms in total. The van der Waals surface area contributed by atoms with Crippen LogP contribution in [0.5, 0.6) is 0 Å². The number of anilines is 1. The number of pyridine rings is 1. The third-order valence-corrected chi connectivity index (χ3v) is 3.95. The molecule has 1 aromatic carbocycles. The third kappa shape index (κ3) is 4.89. The van der Waals surface area contributed by atoms with Gasteiger partial charge >= 0.3 is 5.97 Å². The second-order valence-corrected chi connectivity index (χ2v) is 6.14. The number of aromatic nitrogens is 1. The van der Waals surface area contributed by atoms with E-state index in [0.29, 0.717) is 11.4 Å². The summed E-state index contributed by atoms with van der Waals surface area (Å²) in [6, 6.07) is 9.96. The molecule has 6 heteroatoms. The lowest BCUT2D eigenvalue weighted by Crippen LogP contribution is -2.34. The Morgan fingerprint density at radius 1 is 1.29 bits per heavy atom. The number of hydrogen-bond donors (Lipinski definition) is 1. The number of nitrogens with one attached hydrogen (secondary N) is 1. The van der Waals surface area contributed by atoms with Crippen molar-refractivity contribution in [3.63, 3.8) is 0 Å². The van der Waals surface area contributed by atoms with Gasteiger partial charge in [0.25, 0.3) is 0 Å². The summed E-state index contributed by atoms with van der Waals surface area (Å²) in [5, 5.41) is 3.01. The summed E-state index contributed by atoms with van der Waals surface area (Å²) in [4.78, 5) is 28.9. The summed E-state index contributed by atoms with van der Waals surface area (Å²) in [6.07, 6.45) is 1.68. The van der Waals surface area contributed by atoms with Crippen LogP contribution in [0.25, 0.3) is 0 Å². The maximum Gasteiger partial charge on any atom is 0.329 e. The van der Waals surface area contributed by atoms with E-state index in [2.05, 4.69) is 26.2 Å². The molecule has 24 heavy (non-hydrogen) atoms. The van der Waals surface area contributed by atoms with E-state index >= 15 is 0 Å². The smallest absolute Gasteiger partial charge is 0.329 e. The molecule has 0 spiro atoms. The average Bonchev–Trinajstić information content (AvgIpc) is 2.57. The van der Waals surface area contributed by atoms with Crippen molar-refractivity contribution in [2.75, 3.05) is 11.9 Å². The Morgan fingerprint density at radius 3 is 2.62 bits per heavy atom. The number of halogens is 1. The van der Waals surface area contributed by atoms with Gasteiger partial charge in [-0.3, -0.25) is 4.79 Å². The number of ether oxygens (including phenoxy) is 1. The molecule has 0 saturated heterocycles. The number of rotatable bonds is 7. The highest BCUT2D eigenvalue weighted by molar-refractivity contribution is 9.10. The Hall–Kier alpha value is -2.21. The fourth-order valence-corrected chi connectivity index (χ4v) is 2.75. The number of Topliss-reactive ketones (excluding diaryl/α,β-unsaturated/α-hetero) is 1. The molecule has 126 valence electrons. The first kappa shape index (κ1) is 18.1. The van der Waals surface area contributed by atoms with Crippen molar-refractivity contribution in [3.8, 4) is 0 Å². The fraction of sp³-hybridized carbons (Fsp3) is 0.278. The van der Waals surface area contributed by atoms with Crippen molar-refractivity contribution in [1.82, 2.24) is 4.98 Å². The molecule has 2 aromatic rings. The maximum absolute atomic E-state index is 12.4. The molecule has 0 aliphatic heterocycles. The van der Waals surface area contributed by atoms with Gasteiger partial charge in [-0.1, -0.05) is 30.3 Å². The van der Waals surface area contributed by atoms with Gasteiger partial charge in [-0.15, -0.1) is 0 Å². The van der Waals surface area contributed by atoms with E-state index in [9.17, 15) is 9.59 Å². The third-order valence-electron chi connectivity index (χ3n) is 3.35. The van der Waals surface area contributed by atoms with Crippen molar-refractivity contribution in [1.29, 1.82) is 0 Å². The molecule has 1 N–H and O–H groups in total. The summed E-state index contributed by atoms with van der Waals surface area (Å²) in [7, 11) is 0. The molecule has 2 rings (SSSR count). The maximum atomic E-state index is 12.4. The zero-order valence-corrected chi connectivity index (χ0v) is 15.2. The molecule has 1 heterocycles. The predicted octanol–water partition coefficient (Wildman–Crippen LogP) is 3.77. The lowest BCUT2D eigenvalue weighted by molar-refractivity contribution is -0.144. The molecule has 0 aliphatic rings. The normalized spacial score (nSPS) is 11.6. The molecule has 0 amide bonds. The minimum atomic E-state index is -0.802.